The van der Waals surface area contributed by atoms with Crippen LogP contribution in [0.5, 0.6) is 11.5 Å². The molecule has 20 heteroatoms. The van der Waals surface area contributed by atoms with E-state index >= 15 is 0 Å². The molecule has 3 aromatic rings. The van der Waals surface area contributed by atoms with Gasteiger partial charge in [0.15, 0.2) is 10.5 Å². The molecular formula is C44H47N4O14PS. The number of benzene rings is 4. The number of phenolic OH excluding ortho intramolecular Hbond substituents is 2. The van der Waals surface area contributed by atoms with E-state index in [-0.39, 0.29) is 58.3 Å². The minimum atomic E-state index is -4.18. The number of carboxylic acid groups (broad SMARTS) is 3. The minimum Gasteiger partial charge on any atom is -0.508 e. The topological polar surface area (TPSA) is 302 Å². The second-order valence-corrected chi connectivity index (χ2v) is 18.0. The fraction of sp³-hybridized carbons (Fsp3) is 0.295. The molecule has 10 N–H and O–H groups in total. The van der Waals surface area contributed by atoms with Crippen LogP contribution in [0.15, 0.2) is 88.1 Å². The number of amides is 2. The van der Waals surface area contributed by atoms with Crippen molar-refractivity contribution in [3.8, 4) is 33.9 Å². The van der Waals surface area contributed by atoms with Gasteiger partial charge in [-0.3, -0.25) is 28.5 Å². The Labute approximate surface area is 371 Å². The van der Waals surface area contributed by atoms with E-state index in [1.807, 2.05) is 0 Å². The zero-order chi connectivity index (χ0) is 46.6. The highest BCUT2D eigenvalue weighted by atomic mass is 32.1. The zero-order valence-corrected chi connectivity index (χ0v) is 36.0. The Morgan fingerprint density at radius 1 is 0.781 bits per heavy atom. The van der Waals surface area contributed by atoms with Gasteiger partial charge in [0.05, 0.1) is 11.5 Å². The van der Waals surface area contributed by atoms with E-state index in [9.17, 15) is 58.7 Å². The van der Waals surface area contributed by atoms with E-state index in [1.165, 1.54) is 42.5 Å². The molecule has 18 nitrogen and oxygen atoms in total. The first-order valence-electron chi connectivity index (χ1n) is 20.1. The van der Waals surface area contributed by atoms with Crippen LogP contribution < -0.4 is 26.7 Å². The lowest BCUT2D eigenvalue weighted by Crippen LogP contribution is -2.47. The summed E-state index contributed by atoms with van der Waals surface area (Å²) in [5, 5.41) is 60.3. The maximum absolute atomic E-state index is 13.3. The summed E-state index contributed by atoms with van der Waals surface area (Å²) < 4.78 is 18.7. The average Bonchev–Trinajstić information content (AvgIpc) is 3.23. The van der Waals surface area contributed by atoms with Crippen LogP contribution in [0, 0.1) is 5.92 Å². The molecule has 3 unspecified atom stereocenters. The van der Waals surface area contributed by atoms with Crippen LogP contribution in [0.25, 0.3) is 33.4 Å². The van der Waals surface area contributed by atoms with Gasteiger partial charge >= 0.3 is 17.9 Å². The second kappa shape index (κ2) is 22.0. The van der Waals surface area contributed by atoms with Crippen LogP contribution in [-0.4, -0.2) is 96.7 Å². The van der Waals surface area contributed by atoms with Gasteiger partial charge in [0.25, 0.3) is 0 Å². The number of aliphatic carboxylic acids is 2. The number of carbonyl (C=O) groups is 5. The number of aromatic hydroxyl groups is 2. The third-order valence-electron chi connectivity index (χ3n) is 10.2. The molecule has 338 valence electrons. The summed E-state index contributed by atoms with van der Waals surface area (Å²) in [4.78, 5) is 84.0. The van der Waals surface area contributed by atoms with E-state index < -0.39 is 74.2 Å². The SMILES string of the molecule is O=C(O)CCC(CP(=O)(O)CCC(=O)NC(CCCCNC(=S)Nc1ccc(-c2c3ccc(=O)cc-3oc3cc(O)ccc23)c(C(=O)O)c1)C(=O)NCCc1ccc(O)cc1)C(=O)O. The number of rotatable bonds is 22. The largest absolute Gasteiger partial charge is 0.508 e. The van der Waals surface area contributed by atoms with E-state index in [4.69, 9.17) is 21.7 Å². The Bertz CT molecular complexity index is 2620. The molecule has 1 heterocycles. The second-order valence-electron chi connectivity index (χ2n) is 15.1. The molecule has 64 heavy (non-hydrogen) atoms. The number of nitrogens with one attached hydrogen (secondary N) is 4. The summed E-state index contributed by atoms with van der Waals surface area (Å²) in [5.41, 5.74) is 2.32. The molecule has 0 aromatic heterocycles. The Hall–Kier alpha value is -6.82. The summed E-state index contributed by atoms with van der Waals surface area (Å²) in [7, 11) is -4.18. The highest BCUT2D eigenvalue weighted by Gasteiger charge is 2.31. The lowest BCUT2D eigenvalue weighted by atomic mass is 9.90. The quantitative estimate of drug-likeness (QED) is 0.0185. The average molecular weight is 919 g/mol. The molecule has 1 aliphatic carbocycles. The minimum absolute atomic E-state index is 0.0817. The number of hydrogen-bond donors (Lipinski definition) is 10. The molecule has 1 aliphatic heterocycles. The fourth-order valence-corrected chi connectivity index (χ4v) is 8.95. The monoisotopic (exact) mass is 918 g/mol. The molecule has 0 radical (unpaired) electrons. The van der Waals surface area contributed by atoms with E-state index in [1.54, 1.807) is 36.4 Å². The highest BCUT2D eigenvalue weighted by Crippen LogP contribution is 2.44. The molecule has 0 saturated heterocycles. The third kappa shape index (κ3) is 13.8. The maximum atomic E-state index is 13.3. The molecule has 0 saturated carbocycles. The van der Waals surface area contributed by atoms with Crippen LogP contribution in [0.3, 0.4) is 0 Å². The summed E-state index contributed by atoms with van der Waals surface area (Å²) in [5.74, 6) is -6.34. The molecule has 0 bridgehead atoms. The predicted octanol–water partition coefficient (Wildman–Crippen LogP) is 5.20. The number of fused-ring (bicyclic) bond motifs is 2. The number of phenols is 2. The van der Waals surface area contributed by atoms with Crippen molar-refractivity contribution in [2.24, 2.45) is 5.92 Å². The first-order chi connectivity index (χ1) is 30.4. The first-order valence-corrected chi connectivity index (χ1v) is 22.6. The Balaban J connectivity index is 1.19. The van der Waals surface area contributed by atoms with Crippen LogP contribution in [0.4, 0.5) is 5.69 Å². The van der Waals surface area contributed by atoms with Crippen molar-refractivity contribution in [1.82, 2.24) is 16.0 Å². The summed E-state index contributed by atoms with van der Waals surface area (Å²) >= 11 is 5.47. The van der Waals surface area contributed by atoms with Crippen molar-refractivity contribution in [2.45, 2.75) is 51.0 Å². The van der Waals surface area contributed by atoms with E-state index in [0.717, 1.165) is 5.56 Å². The van der Waals surface area contributed by atoms with Gasteiger partial charge in [-0.05, 0) is 104 Å². The third-order valence-corrected chi connectivity index (χ3v) is 12.4. The van der Waals surface area contributed by atoms with Gasteiger partial charge < -0.3 is 56.1 Å². The highest BCUT2D eigenvalue weighted by molar-refractivity contribution is 7.80. The Morgan fingerprint density at radius 2 is 1.50 bits per heavy atom. The van der Waals surface area contributed by atoms with Gasteiger partial charge in [0.2, 0.25) is 19.2 Å². The molecule has 3 atom stereocenters. The lowest BCUT2D eigenvalue weighted by Gasteiger charge is -2.20. The maximum Gasteiger partial charge on any atom is 0.336 e. The molecule has 5 rings (SSSR count). The molecule has 0 spiro atoms. The molecule has 3 aromatic carbocycles. The number of carboxylic acids is 3. The van der Waals surface area contributed by atoms with Crippen LogP contribution in [-0.2, 0) is 30.2 Å². The van der Waals surface area contributed by atoms with Crippen molar-refractivity contribution < 1.29 is 63.4 Å². The van der Waals surface area contributed by atoms with Crippen molar-refractivity contribution in [3.05, 3.63) is 100 Å². The van der Waals surface area contributed by atoms with Crippen LogP contribution in [0.1, 0.15) is 54.4 Å². The number of thiocarbonyl (C=S) groups is 1. The normalized spacial score (nSPS) is 13.0. The molecular weight excluding hydrogens is 872 g/mol. The van der Waals surface area contributed by atoms with Gasteiger partial charge in [0, 0.05) is 72.6 Å². The smallest absolute Gasteiger partial charge is 0.336 e. The number of aromatic carboxylic acids is 1. The van der Waals surface area contributed by atoms with Crippen molar-refractivity contribution >= 4 is 71.1 Å². The fourth-order valence-electron chi connectivity index (χ4n) is 6.97. The standard InChI is InChI=1S/C44H47N4O14PS/c49-28-8-4-25(5-9-28)16-19-45-41(55)35(48-38(52)17-20-63(60,61)24-26(42(56)57)6-15-39(53)54)3-1-2-18-46-44(64)47-27-7-12-31(34(21-27)43(58)59)40-32-13-10-29(50)22-36(32)62-37-23-30(51)11-14-33(37)40/h4-5,7-14,21-23,26,35,49-50H,1-3,6,15-20,24H2,(H,45,55)(H,48,52)(H,53,54)(H,56,57)(H,58,59)(H,60,61)(H2,46,47,64). The number of carbonyl (C=O) groups excluding carboxylic acids is 2. The van der Waals surface area contributed by atoms with Crippen molar-refractivity contribution in [3.63, 3.8) is 0 Å². The number of anilines is 1. The Morgan fingerprint density at radius 3 is 2.20 bits per heavy atom. The van der Waals surface area contributed by atoms with Gasteiger partial charge in [0.1, 0.15) is 28.9 Å². The summed E-state index contributed by atoms with van der Waals surface area (Å²) in [6.07, 6.45) is -1.24. The first kappa shape index (κ1) is 48.2. The van der Waals surface area contributed by atoms with Gasteiger partial charge in [-0.25, -0.2) is 4.79 Å². The zero-order valence-electron chi connectivity index (χ0n) is 34.2. The van der Waals surface area contributed by atoms with Crippen molar-refractivity contribution in [2.75, 3.05) is 30.7 Å². The van der Waals surface area contributed by atoms with E-state index in [0.29, 0.717) is 53.6 Å². The van der Waals surface area contributed by atoms with Crippen molar-refractivity contribution in [1.29, 1.82) is 0 Å². The summed E-state index contributed by atoms with van der Waals surface area (Å²) in [6.45, 7) is 0.501. The number of hydrogen-bond acceptors (Lipinski definition) is 11. The summed E-state index contributed by atoms with van der Waals surface area (Å²) in [6, 6.07) is 18.6. The van der Waals surface area contributed by atoms with E-state index in [2.05, 4.69) is 21.3 Å². The predicted molar refractivity (Wildman–Crippen MR) is 240 cm³/mol. The molecule has 0 fully saturated rings. The Kier molecular flexibility index (Phi) is 16.6. The molecule has 2 amide bonds. The van der Waals surface area contributed by atoms with Crippen LogP contribution >= 0.6 is 19.6 Å². The van der Waals surface area contributed by atoms with Gasteiger partial charge in [-0.15, -0.1) is 0 Å². The van der Waals surface area contributed by atoms with Gasteiger partial charge in [-0.1, -0.05) is 18.2 Å². The van der Waals surface area contributed by atoms with Crippen LogP contribution in [0.2, 0.25) is 0 Å². The lowest BCUT2D eigenvalue weighted by molar-refractivity contribution is -0.142. The van der Waals surface area contributed by atoms with Gasteiger partial charge in [-0.2, -0.15) is 0 Å². The molecule has 2 aliphatic rings. The number of unbranched alkanes of at least 4 members (excludes halogenated alkanes) is 1.